The van der Waals surface area contributed by atoms with E-state index < -0.39 is 0 Å². The molecule has 0 aliphatic heterocycles. The van der Waals surface area contributed by atoms with Crippen LogP contribution in [0.15, 0.2) is 67.0 Å². The smallest absolute Gasteiger partial charge is 0.343 e. The predicted molar refractivity (Wildman–Crippen MR) is 73.1 cm³/mol. The standard InChI is InChI=1S/C16H11NO2/c18-16(12-4-2-1-3-5-12)19-15-7-6-14-11-17-9-8-13(14)10-15/h1-11H. The van der Waals surface area contributed by atoms with Gasteiger partial charge in [0.15, 0.2) is 0 Å². The van der Waals surface area contributed by atoms with Crippen LogP contribution in [0.3, 0.4) is 0 Å². The molecule has 1 aromatic heterocycles. The summed E-state index contributed by atoms with van der Waals surface area (Å²) in [7, 11) is 0. The fourth-order valence-corrected chi connectivity index (χ4v) is 1.87. The Bertz CT molecular complexity index is 723. The number of rotatable bonds is 2. The highest BCUT2D eigenvalue weighted by molar-refractivity contribution is 5.92. The summed E-state index contributed by atoms with van der Waals surface area (Å²) in [6, 6.07) is 16.3. The second-order valence-electron chi connectivity index (χ2n) is 4.14. The van der Waals surface area contributed by atoms with E-state index in [0.717, 1.165) is 10.8 Å². The van der Waals surface area contributed by atoms with Gasteiger partial charge in [0.1, 0.15) is 5.75 Å². The van der Waals surface area contributed by atoms with Crippen molar-refractivity contribution in [2.45, 2.75) is 0 Å². The van der Waals surface area contributed by atoms with Crippen molar-refractivity contribution in [2.75, 3.05) is 0 Å². The Kier molecular flexibility index (Phi) is 2.94. The Morgan fingerprint density at radius 2 is 1.79 bits per heavy atom. The fourth-order valence-electron chi connectivity index (χ4n) is 1.87. The third-order valence-electron chi connectivity index (χ3n) is 2.83. The van der Waals surface area contributed by atoms with Gasteiger partial charge in [-0.05, 0) is 41.8 Å². The maximum absolute atomic E-state index is 11.9. The molecule has 0 atom stereocenters. The van der Waals surface area contributed by atoms with Crippen molar-refractivity contribution in [3.05, 3.63) is 72.6 Å². The molecule has 0 saturated carbocycles. The van der Waals surface area contributed by atoms with Crippen molar-refractivity contribution in [3.8, 4) is 5.75 Å². The topological polar surface area (TPSA) is 39.2 Å². The number of aromatic nitrogens is 1. The molecule has 3 aromatic rings. The number of esters is 1. The van der Waals surface area contributed by atoms with E-state index >= 15 is 0 Å². The first-order valence-corrected chi connectivity index (χ1v) is 5.94. The normalized spacial score (nSPS) is 10.3. The number of fused-ring (bicyclic) bond motifs is 1. The Labute approximate surface area is 110 Å². The molecule has 92 valence electrons. The Morgan fingerprint density at radius 1 is 0.947 bits per heavy atom. The highest BCUT2D eigenvalue weighted by Gasteiger charge is 2.07. The molecule has 3 heteroatoms. The Hall–Kier alpha value is -2.68. The van der Waals surface area contributed by atoms with Gasteiger partial charge in [0.2, 0.25) is 0 Å². The van der Waals surface area contributed by atoms with Crippen LogP contribution in [0.5, 0.6) is 5.75 Å². The monoisotopic (exact) mass is 249 g/mol. The van der Waals surface area contributed by atoms with Crippen molar-refractivity contribution >= 4 is 16.7 Å². The molecule has 0 radical (unpaired) electrons. The molecule has 0 spiro atoms. The first-order valence-electron chi connectivity index (χ1n) is 5.94. The number of hydrogen-bond acceptors (Lipinski definition) is 3. The molecule has 2 aromatic carbocycles. The molecule has 0 aliphatic carbocycles. The lowest BCUT2D eigenvalue weighted by Gasteiger charge is -2.05. The predicted octanol–water partition coefficient (Wildman–Crippen LogP) is 3.45. The third kappa shape index (κ3) is 2.45. The van der Waals surface area contributed by atoms with Gasteiger partial charge >= 0.3 is 5.97 Å². The number of nitrogens with zero attached hydrogens (tertiary/aromatic N) is 1. The molecule has 19 heavy (non-hydrogen) atoms. The molecular weight excluding hydrogens is 238 g/mol. The van der Waals surface area contributed by atoms with E-state index in [9.17, 15) is 4.79 Å². The first-order chi connectivity index (χ1) is 9.33. The van der Waals surface area contributed by atoms with Crippen LogP contribution in [0.4, 0.5) is 0 Å². The molecule has 0 amide bonds. The Balaban J connectivity index is 1.87. The zero-order valence-electron chi connectivity index (χ0n) is 10.1. The largest absolute Gasteiger partial charge is 0.423 e. The number of ether oxygens (including phenoxy) is 1. The van der Waals surface area contributed by atoms with Crippen LogP contribution in [0.1, 0.15) is 10.4 Å². The van der Waals surface area contributed by atoms with E-state index in [-0.39, 0.29) is 5.97 Å². The van der Waals surface area contributed by atoms with Gasteiger partial charge in [0.25, 0.3) is 0 Å². The van der Waals surface area contributed by atoms with Gasteiger partial charge in [-0.25, -0.2) is 4.79 Å². The second-order valence-corrected chi connectivity index (χ2v) is 4.14. The summed E-state index contributed by atoms with van der Waals surface area (Å²) in [5, 5.41) is 2.01. The van der Waals surface area contributed by atoms with Crippen molar-refractivity contribution in [3.63, 3.8) is 0 Å². The summed E-state index contributed by atoms with van der Waals surface area (Å²) in [5.74, 6) is 0.182. The summed E-state index contributed by atoms with van der Waals surface area (Å²) in [6.07, 6.45) is 3.49. The highest BCUT2D eigenvalue weighted by atomic mass is 16.5. The van der Waals surface area contributed by atoms with Gasteiger partial charge in [-0.1, -0.05) is 18.2 Å². The number of benzene rings is 2. The van der Waals surface area contributed by atoms with Gasteiger partial charge in [0.05, 0.1) is 5.56 Å². The van der Waals surface area contributed by atoms with Crippen LogP contribution in [-0.4, -0.2) is 11.0 Å². The summed E-state index contributed by atoms with van der Waals surface area (Å²) in [6.45, 7) is 0. The molecule has 0 saturated heterocycles. The highest BCUT2D eigenvalue weighted by Crippen LogP contribution is 2.20. The van der Waals surface area contributed by atoms with E-state index in [1.165, 1.54) is 0 Å². The van der Waals surface area contributed by atoms with Gasteiger partial charge in [-0.3, -0.25) is 4.98 Å². The summed E-state index contributed by atoms with van der Waals surface area (Å²) < 4.78 is 5.35. The van der Waals surface area contributed by atoms with E-state index in [2.05, 4.69) is 4.98 Å². The van der Waals surface area contributed by atoms with Crippen molar-refractivity contribution in [1.29, 1.82) is 0 Å². The minimum atomic E-state index is -0.353. The van der Waals surface area contributed by atoms with Crippen LogP contribution in [0, 0.1) is 0 Å². The fraction of sp³-hybridized carbons (Fsp3) is 0. The zero-order chi connectivity index (χ0) is 13.1. The van der Waals surface area contributed by atoms with Gasteiger partial charge in [-0.15, -0.1) is 0 Å². The zero-order valence-corrected chi connectivity index (χ0v) is 10.1. The third-order valence-corrected chi connectivity index (χ3v) is 2.83. The van der Waals surface area contributed by atoms with Gasteiger partial charge in [0, 0.05) is 17.8 Å². The van der Waals surface area contributed by atoms with Gasteiger partial charge in [-0.2, -0.15) is 0 Å². The van der Waals surface area contributed by atoms with Gasteiger partial charge < -0.3 is 4.74 Å². The lowest BCUT2D eigenvalue weighted by Crippen LogP contribution is -2.07. The molecule has 1 heterocycles. The summed E-state index contributed by atoms with van der Waals surface area (Å²) in [4.78, 5) is 16.0. The number of pyridine rings is 1. The van der Waals surface area contributed by atoms with Crippen molar-refractivity contribution < 1.29 is 9.53 Å². The van der Waals surface area contributed by atoms with Crippen LogP contribution in [0.25, 0.3) is 10.8 Å². The SMILES string of the molecule is O=C(Oc1ccc2cnccc2c1)c1ccccc1. The number of hydrogen-bond donors (Lipinski definition) is 0. The average molecular weight is 249 g/mol. The van der Waals surface area contributed by atoms with E-state index in [1.807, 2.05) is 36.4 Å². The number of carbonyl (C=O) groups excluding carboxylic acids is 1. The lowest BCUT2D eigenvalue weighted by molar-refractivity contribution is 0.0735. The molecule has 3 rings (SSSR count). The van der Waals surface area contributed by atoms with Crippen LogP contribution >= 0.6 is 0 Å². The van der Waals surface area contributed by atoms with Crippen LogP contribution < -0.4 is 4.74 Å². The molecule has 0 aliphatic rings. The van der Waals surface area contributed by atoms with E-state index in [0.29, 0.717) is 11.3 Å². The van der Waals surface area contributed by atoms with Crippen LogP contribution in [-0.2, 0) is 0 Å². The average Bonchev–Trinajstić information content (AvgIpc) is 2.48. The molecule has 3 nitrogen and oxygen atoms in total. The summed E-state index contributed by atoms with van der Waals surface area (Å²) in [5.41, 5.74) is 0.539. The summed E-state index contributed by atoms with van der Waals surface area (Å²) >= 11 is 0. The first kappa shape index (κ1) is 11.4. The lowest BCUT2D eigenvalue weighted by atomic mass is 10.2. The van der Waals surface area contributed by atoms with Crippen LogP contribution in [0.2, 0.25) is 0 Å². The molecule has 0 N–H and O–H groups in total. The maximum atomic E-state index is 11.9. The minimum Gasteiger partial charge on any atom is -0.423 e. The minimum absolute atomic E-state index is 0.353. The maximum Gasteiger partial charge on any atom is 0.343 e. The van der Waals surface area contributed by atoms with Crippen molar-refractivity contribution in [1.82, 2.24) is 4.98 Å². The van der Waals surface area contributed by atoms with Crippen molar-refractivity contribution in [2.24, 2.45) is 0 Å². The quantitative estimate of drug-likeness (QED) is 0.515. The number of carbonyl (C=O) groups is 1. The molecular formula is C16H11NO2. The molecule has 0 unspecified atom stereocenters. The van der Waals surface area contributed by atoms with E-state index in [4.69, 9.17) is 4.74 Å². The Morgan fingerprint density at radius 3 is 2.63 bits per heavy atom. The van der Waals surface area contributed by atoms with E-state index in [1.54, 1.807) is 30.6 Å². The molecule has 0 bridgehead atoms. The second kappa shape index (κ2) is 4.90. The molecule has 0 fully saturated rings.